The van der Waals surface area contributed by atoms with Crippen LogP contribution in [0.4, 0.5) is 14.4 Å². The zero-order chi connectivity index (χ0) is 59.6. The summed E-state index contributed by atoms with van der Waals surface area (Å²) in [5.74, 6) is 1.39. The van der Waals surface area contributed by atoms with Crippen LogP contribution in [0.25, 0.3) is 0 Å². The first kappa shape index (κ1) is 74.7. The number of hydrogen-bond donors (Lipinski definition) is 4. The summed E-state index contributed by atoms with van der Waals surface area (Å²) in [7, 11) is 1.00. The number of hydrogen-bond acceptors (Lipinski definition) is 15. The number of ether oxygens (including phenoxy) is 5. The van der Waals surface area contributed by atoms with Crippen molar-refractivity contribution in [1.82, 2.24) is 35.0 Å². The van der Waals surface area contributed by atoms with Gasteiger partial charge in [0.1, 0.15) is 49.9 Å². The van der Waals surface area contributed by atoms with Crippen LogP contribution in [0.1, 0.15) is 141 Å². The fraction of sp³-hybridized carbons (Fsp3) is 0.678. The van der Waals surface area contributed by atoms with Crippen LogP contribution in [0, 0.1) is 21.7 Å². The molecule has 4 aliphatic heterocycles. The third-order valence-corrected chi connectivity index (χ3v) is 16.3. The molecule has 11 rings (SSSR count). The van der Waals surface area contributed by atoms with Crippen LogP contribution in [0.5, 0.6) is 11.8 Å². The molecule has 7 heterocycles. The van der Waals surface area contributed by atoms with Crippen molar-refractivity contribution in [2.75, 3.05) is 59.5 Å². The molecule has 4 spiro atoms. The number of piperidine rings is 4. The smallest absolute Gasteiger partial charge is 1.00 e. The van der Waals surface area contributed by atoms with Gasteiger partial charge >= 0.3 is 47.8 Å². The molecule has 0 bridgehead atoms. The van der Waals surface area contributed by atoms with E-state index in [1.165, 1.54) is 19.0 Å². The third-order valence-electron chi connectivity index (χ3n) is 15.4. The second-order valence-corrected chi connectivity index (χ2v) is 26.7. The van der Waals surface area contributed by atoms with E-state index in [4.69, 9.17) is 63.6 Å². The number of ketones is 1. The Labute approximate surface area is 542 Å². The van der Waals surface area contributed by atoms with E-state index in [2.05, 4.69) is 20.3 Å². The van der Waals surface area contributed by atoms with Gasteiger partial charge in [0.15, 0.2) is 0 Å². The number of H-pyrrole nitrogens is 1. The predicted molar refractivity (Wildman–Crippen MR) is 324 cm³/mol. The molecule has 3 aromatic heterocycles. The number of aliphatic hydroxyl groups excluding tert-OH is 2. The monoisotopic (exact) mass is 1260 g/mol. The average molecular weight is 1260 g/mol. The number of likely N-dealkylation sites (tertiary alicyclic amines) is 3. The van der Waals surface area contributed by atoms with Crippen LogP contribution >= 0.6 is 47.2 Å². The largest absolute Gasteiger partial charge is 1.00 e. The van der Waals surface area contributed by atoms with Crippen LogP contribution in [0.15, 0.2) is 59.8 Å². The number of aromatic amines is 1. The molecule has 25 heteroatoms. The van der Waals surface area contributed by atoms with E-state index in [-0.39, 0.29) is 115 Å². The number of aromatic nitrogens is 3. The Morgan fingerprint density at radius 3 is 1.45 bits per heavy atom. The Hall–Kier alpha value is -3.57. The van der Waals surface area contributed by atoms with Gasteiger partial charge in [-0.2, -0.15) is 0 Å². The summed E-state index contributed by atoms with van der Waals surface area (Å²) in [5, 5.41) is 21.7. The fourth-order valence-electron chi connectivity index (χ4n) is 10.3. The minimum absolute atomic E-state index is 0. The van der Waals surface area contributed by atoms with E-state index in [9.17, 15) is 29.1 Å². The molecule has 8 fully saturated rings. The maximum Gasteiger partial charge on any atom is 1.00 e. The van der Waals surface area contributed by atoms with Gasteiger partial charge in [0, 0.05) is 114 Å². The van der Waals surface area contributed by atoms with Gasteiger partial charge in [-0.1, -0.05) is 34.8 Å². The fourth-order valence-corrected chi connectivity index (χ4v) is 10.7. The molecular formula is C59H88BCl4N7NaO12. The van der Waals surface area contributed by atoms with E-state index in [0.717, 1.165) is 71.6 Å². The van der Waals surface area contributed by atoms with Crippen LogP contribution < -0.4 is 49.9 Å². The summed E-state index contributed by atoms with van der Waals surface area (Å²) < 4.78 is 28.2. The van der Waals surface area contributed by atoms with Crippen molar-refractivity contribution in [1.29, 1.82) is 0 Å². The number of halogens is 4. The van der Waals surface area contributed by atoms with E-state index >= 15 is 0 Å². The van der Waals surface area contributed by atoms with E-state index < -0.39 is 16.8 Å². The number of rotatable bonds is 4. The van der Waals surface area contributed by atoms with Gasteiger partial charge in [0.05, 0.1) is 6.10 Å². The topological polar surface area (TPSA) is 235 Å². The Morgan fingerprint density at radius 2 is 1.05 bits per heavy atom. The van der Waals surface area contributed by atoms with Crippen molar-refractivity contribution in [2.45, 2.75) is 174 Å². The third kappa shape index (κ3) is 21.9. The Bertz CT molecular complexity index is 2690. The van der Waals surface area contributed by atoms with E-state index in [1.807, 2.05) is 74.4 Å². The summed E-state index contributed by atoms with van der Waals surface area (Å²) in [6, 6.07) is 10.4. The maximum absolute atomic E-state index is 12.3. The zero-order valence-corrected chi connectivity index (χ0v) is 56.0. The predicted octanol–water partition coefficient (Wildman–Crippen LogP) is 7.70. The minimum atomic E-state index is -0.470. The van der Waals surface area contributed by atoms with Crippen molar-refractivity contribution in [3.05, 3.63) is 80.4 Å². The molecule has 463 valence electrons. The molecule has 3 radical (unpaired) electrons. The molecule has 3 atom stereocenters. The van der Waals surface area contributed by atoms with Crippen molar-refractivity contribution < 1.29 is 84.1 Å². The number of carbonyl (C=O) groups excluding carboxylic acids is 4. The molecule has 0 aromatic carbocycles. The summed E-state index contributed by atoms with van der Waals surface area (Å²) in [5.41, 5.74) is -1.43. The summed E-state index contributed by atoms with van der Waals surface area (Å²) in [6.07, 6.45) is 15.8. The van der Waals surface area contributed by atoms with Gasteiger partial charge in [0.2, 0.25) is 11.8 Å². The van der Waals surface area contributed by atoms with Crippen LogP contribution in [-0.4, -0.2) is 167 Å². The van der Waals surface area contributed by atoms with Gasteiger partial charge in [-0.05, 0) is 169 Å². The number of aliphatic hydroxyl groups is 2. The number of nitrogens with one attached hydrogen (secondary N) is 2. The Balaban J connectivity index is 0.000000365. The van der Waals surface area contributed by atoms with Crippen molar-refractivity contribution in [3.8, 4) is 11.8 Å². The maximum atomic E-state index is 12.3. The number of carbonyl (C=O) groups is 4. The number of Topliss-reactive ketones (excluding diaryl/α,β-unsaturated/α-hetero) is 1. The summed E-state index contributed by atoms with van der Waals surface area (Å²) in [4.78, 5) is 74.1. The summed E-state index contributed by atoms with van der Waals surface area (Å²) in [6.45, 7) is 22.6. The quantitative estimate of drug-likeness (QED) is 0.145. The van der Waals surface area contributed by atoms with Crippen molar-refractivity contribution in [2.24, 2.45) is 21.7 Å². The molecule has 3 amide bonds. The molecule has 4 N–H and O–H groups in total. The van der Waals surface area contributed by atoms with Crippen molar-refractivity contribution >= 4 is 79.7 Å². The van der Waals surface area contributed by atoms with Gasteiger partial charge in [-0.3, -0.25) is 9.59 Å². The SMILES string of the molecule is CC(C)(C)OC(=O)N1CCC(=O)C2(CC2)C1.CC(C)(C)OC(=O)N1CCC(O)C2(CC2)C1.CC(C)(C)OC(=O)N1CCC(Oc2ncccc2Cl)C2(CC2)C1.CO.Cl.Clc1cccnc1OC1CCNCC12CC2.O=c1[nH]cccc1Cl.[B].[H-].[Na+]. The molecule has 3 unspecified atom stereocenters. The first-order valence-corrected chi connectivity index (χ1v) is 29.4. The molecule has 4 saturated heterocycles. The molecule has 8 aliphatic rings. The molecular weight excluding hydrogens is 1170 g/mol. The normalized spacial score (nSPS) is 22.1. The van der Waals surface area contributed by atoms with E-state index in [0.29, 0.717) is 85.1 Å². The molecule has 84 heavy (non-hydrogen) atoms. The first-order valence-electron chi connectivity index (χ1n) is 28.2. The molecule has 19 nitrogen and oxygen atoms in total. The zero-order valence-electron chi connectivity index (χ0n) is 51.9. The molecule has 4 aliphatic carbocycles. The van der Waals surface area contributed by atoms with Gasteiger partial charge in [-0.25, -0.2) is 24.4 Å². The second-order valence-electron chi connectivity index (χ2n) is 25.4. The van der Waals surface area contributed by atoms with Gasteiger partial charge in [0.25, 0.3) is 5.56 Å². The molecule has 4 saturated carbocycles. The number of amides is 3. The average Bonchev–Trinajstić information content (AvgIpc) is 2.03. The standard InChI is InChI=1S/C17H23ClN2O3.C12H15ClN2O.C12H21NO3.C12H19NO3.C5H4ClNO.CH4O.B.ClH.Na.H/c1-16(2,3)23-15(21)20-10-6-13(17(11-20)7-8-17)22-14-12(18)5-4-9-19-14;13-9-2-1-6-15-11(9)16-10-3-7-14-8-12(10)4-5-12;2*1-11(2,3)16-10(15)13-7-4-9(14)12(8-13)5-6-12;6-4-2-1-3-7-5(4)8;1-2;;;;/h4-5,9,13H,6-8,10-11H2,1-3H3;1-2,6,10,14H,3-5,7-8H2;9,14H,4-8H2,1-3H3;4-8H2,1-3H3;1-3H,(H,7,8);2H,1H3;;1H;;/q;;;;;;;;+1;-1. The Morgan fingerprint density at radius 1 is 0.619 bits per heavy atom. The van der Waals surface area contributed by atoms with Crippen LogP contribution in [0.2, 0.25) is 15.1 Å². The van der Waals surface area contributed by atoms with Crippen LogP contribution in [0.3, 0.4) is 0 Å². The summed E-state index contributed by atoms with van der Waals surface area (Å²) >= 11 is 17.6. The van der Waals surface area contributed by atoms with E-state index in [1.54, 1.807) is 51.4 Å². The van der Waals surface area contributed by atoms with Crippen molar-refractivity contribution in [3.63, 3.8) is 0 Å². The number of pyridine rings is 3. The molecule has 3 aromatic rings. The van der Waals surface area contributed by atoms with Gasteiger partial charge in [-0.15, -0.1) is 12.4 Å². The second kappa shape index (κ2) is 31.6. The van der Waals surface area contributed by atoms with Crippen LogP contribution in [-0.2, 0) is 19.0 Å². The Kier molecular flexibility index (Phi) is 28.1. The first-order chi connectivity index (χ1) is 38.0. The number of nitrogens with zero attached hydrogens (tertiary/aromatic N) is 5. The minimum Gasteiger partial charge on any atom is -1.00 e. The van der Waals surface area contributed by atoms with Gasteiger partial charge < -0.3 is 60.3 Å².